The summed E-state index contributed by atoms with van der Waals surface area (Å²) >= 11 is 1.49. The Hall–Kier alpha value is -3.11. The minimum Gasteiger partial charge on any atom is -0.497 e. The molecule has 0 saturated heterocycles. The number of amides is 1. The zero-order chi connectivity index (χ0) is 20.1. The summed E-state index contributed by atoms with van der Waals surface area (Å²) in [5.74, 6) is -0.0845. The van der Waals surface area contributed by atoms with Gasteiger partial charge in [-0.1, -0.05) is 0 Å². The second-order valence-electron chi connectivity index (χ2n) is 6.38. The van der Waals surface area contributed by atoms with Gasteiger partial charge in [-0.2, -0.15) is 5.26 Å². The third-order valence-corrected chi connectivity index (χ3v) is 5.86. The topological polar surface area (TPSA) is 91.2 Å². The van der Waals surface area contributed by atoms with E-state index in [-0.39, 0.29) is 11.5 Å². The van der Waals surface area contributed by atoms with E-state index >= 15 is 0 Å². The lowest BCUT2D eigenvalue weighted by Crippen LogP contribution is -2.25. The summed E-state index contributed by atoms with van der Waals surface area (Å²) in [4.78, 5) is 26.1. The number of methoxy groups -OCH3 is 1. The maximum Gasteiger partial charge on any atom is 0.267 e. The molecule has 1 aliphatic rings. The maximum atomic E-state index is 12.6. The highest BCUT2D eigenvalue weighted by Gasteiger charge is 2.22. The Morgan fingerprint density at radius 2 is 1.93 bits per heavy atom. The molecular weight excluding hydrogens is 374 g/mol. The van der Waals surface area contributed by atoms with Gasteiger partial charge in [0.2, 0.25) is 0 Å². The van der Waals surface area contributed by atoms with Crippen LogP contribution in [0.1, 0.15) is 39.2 Å². The summed E-state index contributed by atoms with van der Waals surface area (Å²) in [5.41, 5.74) is 2.19. The number of rotatable bonds is 6. The number of allylic oxidation sites excluding steroid dienone is 1. The number of likely N-dealkylation sites (N-methyl/N-ethyl adjacent to an activating group) is 1. The smallest absolute Gasteiger partial charge is 0.267 e. The molecule has 0 unspecified atom stereocenters. The van der Waals surface area contributed by atoms with Crippen LogP contribution >= 0.6 is 11.3 Å². The van der Waals surface area contributed by atoms with Gasteiger partial charge in [0.25, 0.3) is 5.91 Å². The summed E-state index contributed by atoms with van der Waals surface area (Å²) in [7, 11) is 3.05. The lowest BCUT2D eigenvalue weighted by molar-refractivity contribution is -0.116. The number of thiophene rings is 1. The lowest BCUT2D eigenvalue weighted by atomic mass is 9.96. The molecule has 0 fully saturated rings. The number of anilines is 1. The molecule has 1 amide bonds. The van der Waals surface area contributed by atoms with Crippen molar-refractivity contribution in [3.63, 3.8) is 0 Å². The van der Waals surface area contributed by atoms with Crippen LogP contribution in [0.25, 0.3) is 0 Å². The molecule has 1 aliphatic carbocycles. The Labute approximate surface area is 167 Å². The maximum absolute atomic E-state index is 12.6. The van der Waals surface area contributed by atoms with E-state index in [1.807, 2.05) is 0 Å². The Balaban J connectivity index is 1.91. The van der Waals surface area contributed by atoms with E-state index in [1.54, 1.807) is 31.4 Å². The van der Waals surface area contributed by atoms with Crippen molar-refractivity contribution in [3.05, 3.63) is 57.6 Å². The van der Waals surface area contributed by atoms with Crippen LogP contribution in [0, 0.1) is 11.3 Å². The molecule has 0 aliphatic heterocycles. The Morgan fingerprint density at radius 1 is 1.21 bits per heavy atom. The average molecular weight is 395 g/mol. The van der Waals surface area contributed by atoms with Gasteiger partial charge >= 0.3 is 0 Å². The molecule has 2 aromatic rings. The molecule has 6 nitrogen and oxygen atoms in total. The number of ether oxygens (including phenoxy) is 1. The number of fused-ring (bicyclic) bond motifs is 1. The summed E-state index contributed by atoms with van der Waals surface area (Å²) < 4.78 is 5.10. The number of hydrogen-bond acceptors (Lipinski definition) is 6. The second kappa shape index (κ2) is 8.72. The van der Waals surface area contributed by atoms with Crippen molar-refractivity contribution in [2.45, 2.75) is 25.7 Å². The Bertz CT molecular complexity index is 968. The average Bonchev–Trinajstić information content (AvgIpc) is 3.09. The molecule has 2 N–H and O–H groups in total. The first kappa shape index (κ1) is 19.6. The second-order valence-corrected chi connectivity index (χ2v) is 7.49. The summed E-state index contributed by atoms with van der Waals surface area (Å²) in [6.07, 6.45) is 5.25. The SMILES string of the molecule is CNC(=O)C(=CC(=O)c1ccc(OC)cc1)Nc1sc2c(c1C#N)CCCC2. The van der Waals surface area contributed by atoms with Gasteiger partial charge in [0.15, 0.2) is 5.78 Å². The van der Waals surface area contributed by atoms with E-state index in [0.29, 0.717) is 21.9 Å². The van der Waals surface area contributed by atoms with E-state index in [9.17, 15) is 14.9 Å². The van der Waals surface area contributed by atoms with E-state index in [0.717, 1.165) is 31.2 Å². The number of benzene rings is 1. The number of aryl methyl sites for hydroxylation is 1. The van der Waals surface area contributed by atoms with Gasteiger partial charge in [0.1, 0.15) is 22.5 Å². The van der Waals surface area contributed by atoms with Crippen molar-refractivity contribution in [2.75, 3.05) is 19.5 Å². The highest BCUT2D eigenvalue weighted by atomic mass is 32.1. The fraction of sp³-hybridized carbons (Fsp3) is 0.286. The monoisotopic (exact) mass is 395 g/mol. The van der Waals surface area contributed by atoms with Crippen molar-refractivity contribution < 1.29 is 14.3 Å². The zero-order valence-electron chi connectivity index (χ0n) is 15.8. The van der Waals surface area contributed by atoms with E-state index in [4.69, 9.17) is 4.74 Å². The van der Waals surface area contributed by atoms with Crippen molar-refractivity contribution in [3.8, 4) is 11.8 Å². The number of carbonyl (C=O) groups is 2. The summed E-state index contributed by atoms with van der Waals surface area (Å²) in [5, 5.41) is 15.8. The number of nitrogens with one attached hydrogen (secondary N) is 2. The highest BCUT2D eigenvalue weighted by Crippen LogP contribution is 2.38. The molecular formula is C21H21N3O3S. The van der Waals surface area contributed by atoms with E-state index in [1.165, 1.54) is 29.3 Å². The molecule has 144 valence electrons. The number of nitriles is 1. The van der Waals surface area contributed by atoms with Crippen LogP contribution in [-0.2, 0) is 17.6 Å². The first-order chi connectivity index (χ1) is 13.6. The van der Waals surface area contributed by atoms with Gasteiger partial charge in [-0.3, -0.25) is 9.59 Å². The van der Waals surface area contributed by atoms with Crippen molar-refractivity contribution in [2.24, 2.45) is 0 Å². The standard InChI is InChI=1S/C21H21N3O3S/c1-23-20(26)17(11-18(25)13-7-9-14(27-2)10-8-13)24-21-16(12-22)15-5-3-4-6-19(15)28-21/h7-11,24H,3-6H2,1-2H3,(H,23,26). The molecule has 28 heavy (non-hydrogen) atoms. The highest BCUT2D eigenvalue weighted by molar-refractivity contribution is 7.16. The third kappa shape index (κ3) is 4.07. The fourth-order valence-electron chi connectivity index (χ4n) is 3.16. The largest absolute Gasteiger partial charge is 0.497 e. The van der Waals surface area contributed by atoms with Crippen LogP contribution in [0.3, 0.4) is 0 Å². The Kier molecular flexibility index (Phi) is 6.12. The van der Waals surface area contributed by atoms with Crippen molar-refractivity contribution in [1.29, 1.82) is 5.26 Å². The van der Waals surface area contributed by atoms with Crippen molar-refractivity contribution >= 4 is 28.0 Å². The fourth-order valence-corrected chi connectivity index (χ4v) is 4.41. The van der Waals surface area contributed by atoms with Crippen molar-refractivity contribution in [1.82, 2.24) is 5.32 Å². The van der Waals surface area contributed by atoms with Gasteiger partial charge in [-0.15, -0.1) is 11.3 Å². The first-order valence-electron chi connectivity index (χ1n) is 9.01. The van der Waals surface area contributed by atoms with Gasteiger partial charge in [-0.05, 0) is 55.5 Å². The molecule has 0 spiro atoms. The number of hydrogen-bond donors (Lipinski definition) is 2. The summed E-state index contributed by atoms with van der Waals surface area (Å²) in [6, 6.07) is 8.92. The normalized spacial score (nSPS) is 13.2. The van der Waals surface area contributed by atoms with Crippen LogP contribution < -0.4 is 15.4 Å². The lowest BCUT2D eigenvalue weighted by Gasteiger charge is -2.10. The predicted molar refractivity (Wildman–Crippen MR) is 109 cm³/mol. The molecule has 0 radical (unpaired) electrons. The number of carbonyl (C=O) groups excluding carboxylic acids is 2. The quantitative estimate of drug-likeness (QED) is 0.578. The summed E-state index contributed by atoms with van der Waals surface area (Å²) in [6.45, 7) is 0. The molecule has 1 aromatic heterocycles. The number of nitrogens with zero attached hydrogens (tertiary/aromatic N) is 1. The van der Waals surface area contributed by atoms with E-state index in [2.05, 4.69) is 16.7 Å². The molecule has 3 rings (SSSR count). The van der Waals surface area contributed by atoms with Crippen LogP contribution in [0.2, 0.25) is 0 Å². The molecule has 7 heteroatoms. The Morgan fingerprint density at radius 3 is 2.57 bits per heavy atom. The van der Waals surface area contributed by atoms with E-state index < -0.39 is 5.91 Å². The van der Waals surface area contributed by atoms with Gasteiger partial charge < -0.3 is 15.4 Å². The van der Waals surface area contributed by atoms with Gasteiger partial charge in [-0.25, -0.2) is 0 Å². The molecule has 1 aromatic carbocycles. The minimum atomic E-state index is -0.419. The zero-order valence-corrected chi connectivity index (χ0v) is 16.6. The van der Waals surface area contributed by atoms with Crippen LogP contribution in [-0.4, -0.2) is 25.8 Å². The van der Waals surface area contributed by atoms with Crippen LogP contribution in [0.5, 0.6) is 5.75 Å². The predicted octanol–water partition coefficient (Wildman–Crippen LogP) is 3.43. The minimum absolute atomic E-state index is 0.110. The first-order valence-corrected chi connectivity index (χ1v) is 9.82. The molecule has 0 atom stereocenters. The number of ketones is 1. The van der Waals surface area contributed by atoms with Crippen LogP contribution in [0.4, 0.5) is 5.00 Å². The van der Waals surface area contributed by atoms with Gasteiger partial charge in [0.05, 0.1) is 12.7 Å². The van der Waals surface area contributed by atoms with Crippen LogP contribution in [0.15, 0.2) is 36.0 Å². The third-order valence-electron chi connectivity index (χ3n) is 4.65. The molecule has 0 bridgehead atoms. The molecule has 0 saturated carbocycles. The van der Waals surface area contributed by atoms with Gasteiger partial charge in [0, 0.05) is 23.6 Å². The molecule has 1 heterocycles.